The largest absolute Gasteiger partial charge is 0.438 e. The third-order valence-electron chi connectivity index (χ3n) is 5.64. The number of carbonyl (C=O) groups is 1. The van der Waals surface area contributed by atoms with Crippen LogP contribution in [0, 0.1) is 5.92 Å². The van der Waals surface area contributed by atoms with Crippen molar-refractivity contribution in [1.29, 1.82) is 0 Å². The maximum atomic E-state index is 13.6. The normalized spacial score (nSPS) is 18.7. The quantitative estimate of drug-likeness (QED) is 0.614. The number of aromatic nitrogens is 2. The van der Waals surface area contributed by atoms with Gasteiger partial charge in [0.2, 0.25) is 5.88 Å². The van der Waals surface area contributed by atoms with Gasteiger partial charge in [-0.3, -0.25) is 4.79 Å². The van der Waals surface area contributed by atoms with Gasteiger partial charge in [-0.15, -0.1) is 0 Å². The molecule has 11 heteroatoms. The SMILES string of the molecule is CS(=O)(=O)C=CC(NC(=O)c1cnc(C2(C(F)(F)F)CC2)nc1Oc1ccccc1)C1CC1. The van der Waals surface area contributed by atoms with Crippen molar-refractivity contribution in [1.82, 2.24) is 15.3 Å². The van der Waals surface area contributed by atoms with E-state index in [0.717, 1.165) is 30.7 Å². The van der Waals surface area contributed by atoms with Crippen molar-refractivity contribution in [2.75, 3.05) is 6.26 Å². The highest BCUT2D eigenvalue weighted by molar-refractivity contribution is 7.93. The molecule has 1 atom stereocenters. The van der Waals surface area contributed by atoms with Gasteiger partial charge in [0.05, 0.1) is 6.04 Å². The maximum absolute atomic E-state index is 13.6. The standard InChI is InChI=1S/C22H22F3N3O4S/c1-33(30,31)12-9-17(14-7-8-14)27-18(29)16-13-26-20(21(10-11-21)22(23,24)25)28-19(16)32-15-5-3-2-4-6-15/h2-6,9,12-14,17H,7-8,10-11H2,1H3,(H,27,29). The second-order valence-electron chi connectivity index (χ2n) is 8.40. The zero-order chi connectivity index (χ0) is 23.9. The summed E-state index contributed by atoms with van der Waals surface area (Å²) in [5.74, 6) is -1.03. The Hall–Kier alpha value is -2.95. The molecule has 1 amide bonds. The van der Waals surface area contributed by atoms with Crippen LogP contribution in [0.3, 0.4) is 0 Å². The molecule has 1 aromatic heterocycles. The third kappa shape index (κ3) is 5.35. The summed E-state index contributed by atoms with van der Waals surface area (Å²) >= 11 is 0. The number of ether oxygens (including phenoxy) is 1. The van der Waals surface area contributed by atoms with E-state index in [4.69, 9.17) is 4.74 Å². The van der Waals surface area contributed by atoms with Crippen LogP contribution in [-0.2, 0) is 15.3 Å². The number of nitrogens with one attached hydrogen (secondary N) is 1. The molecule has 0 radical (unpaired) electrons. The molecule has 176 valence electrons. The number of hydrogen-bond acceptors (Lipinski definition) is 6. The lowest BCUT2D eigenvalue weighted by Gasteiger charge is -2.20. The van der Waals surface area contributed by atoms with Crippen LogP contribution in [0.5, 0.6) is 11.6 Å². The lowest BCUT2D eigenvalue weighted by Crippen LogP contribution is -2.36. The van der Waals surface area contributed by atoms with Crippen LogP contribution in [-0.4, -0.2) is 42.8 Å². The van der Waals surface area contributed by atoms with Crippen molar-refractivity contribution in [2.24, 2.45) is 5.92 Å². The second kappa shape index (κ2) is 8.44. The molecule has 0 aliphatic heterocycles. The molecule has 0 saturated heterocycles. The number of sulfone groups is 1. The predicted molar refractivity (Wildman–Crippen MR) is 113 cm³/mol. The summed E-state index contributed by atoms with van der Waals surface area (Å²) in [4.78, 5) is 20.9. The molecule has 2 aromatic rings. The third-order valence-corrected chi connectivity index (χ3v) is 6.29. The number of para-hydroxylation sites is 1. The predicted octanol–water partition coefficient (Wildman–Crippen LogP) is 3.93. The molecule has 2 fully saturated rings. The fourth-order valence-electron chi connectivity index (χ4n) is 3.42. The van der Waals surface area contributed by atoms with Gasteiger partial charge >= 0.3 is 6.18 Å². The first-order chi connectivity index (χ1) is 15.5. The van der Waals surface area contributed by atoms with E-state index in [9.17, 15) is 26.4 Å². The highest BCUT2D eigenvalue weighted by Crippen LogP contribution is 2.58. The van der Waals surface area contributed by atoms with Gasteiger partial charge in [-0.2, -0.15) is 18.2 Å². The van der Waals surface area contributed by atoms with Gasteiger partial charge in [0.15, 0.2) is 9.84 Å². The number of rotatable bonds is 8. The van der Waals surface area contributed by atoms with E-state index in [1.807, 2.05) is 0 Å². The number of amides is 1. The summed E-state index contributed by atoms with van der Waals surface area (Å²) in [5.41, 5.74) is -2.27. The van der Waals surface area contributed by atoms with Crippen molar-refractivity contribution in [2.45, 2.75) is 43.3 Å². The van der Waals surface area contributed by atoms with Crippen LogP contribution in [0.4, 0.5) is 13.2 Å². The molecule has 0 bridgehead atoms. The molecule has 7 nitrogen and oxygen atoms in total. The Morgan fingerprint density at radius 2 is 1.91 bits per heavy atom. The molecule has 1 heterocycles. The number of halogens is 3. The van der Waals surface area contributed by atoms with Gasteiger partial charge < -0.3 is 10.1 Å². The smallest absolute Gasteiger partial charge is 0.401 e. The van der Waals surface area contributed by atoms with Crippen molar-refractivity contribution >= 4 is 15.7 Å². The van der Waals surface area contributed by atoms with Crippen LogP contribution >= 0.6 is 0 Å². The zero-order valence-electron chi connectivity index (χ0n) is 17.7. The van der Waals surface area contributed by atoms with Gasteiger partial charge in [-0.1, -0.05) is 24.3 Å². The Kier molecular flexibility index (Phi) is 5.94. The molecular weight excluding hydrogens is 459 g/mol. The Bertz CT molecular complexity index is 1180. The van der Waals surface area contributed by atoms with Gasteiger partial charge in [0, 0.05) is 17.9 Å². The van der Waals surface area contributed by atoms with Gasteiger partial charge in [0.1, 0.15) is 22.6 Å². The molecule has 2 saturated carbocycles. The van der Waals surface area contributed by atoms with Crippen molar-refractivity contribution in [3.8, 4) is 11.6 Å². The molecule has 1 N–H and O–H groups in total. The number of alkyl halides is 3. The molecule has 2 aliphatic carbocycles. The number of benzene rings is 1. The van der Waals surface area contributed by atoms with Gasteiger partial charge in [-0.05, 0) is 43.7 Å². The fraction of sp³-hybridized carbons (Fsp3) is 0.409. The summed E-state index contributed by atoms with van der Waals surface area (Å²) in [6, 6.07) is 7.71. The lowest BCUT2D eigenvalue weighted by atomic mass is 10.1. The molecule has 1 unspecified atom stereocenters. The van der Waals surface area contributed by atoms with E-state index in [1.54, 1.807) is 30.3 Å². The highest BCUT2D eigenvalue weighted by atomic mass is 32.2. The summed E-state index contributed by atoms with van der Waals surface area (Å²) in [7, 11) is -3.39. The van der Waals surface area contributed by atoms with Gasteiger partial charge in [0.25, 0.3) is 5.91 Å². The summed E-state index contributed by atoms with van der Waals surface area (Å²) in [6.45, 7) is 0. The van der Waals surface area contributed by atoms with E-state index in [2.05, 4.69) is 15.3 Å². The van der Waals surface area contributed by atoms with Crippen LogP contribution in [0.2, 0.25) is 0 Å². The Morgan fingerprint density at radius 1 is 1.24 bits per heavy atom. The monoisotopic (exact) mass is 481 g/mol. The minimum atomic E-state index is -4.52. The average molecular weight is 481 g/mol. The number of nitrogens with zero attached hydrogens (tertiary/aromatic N) is 2. The van der Waals surface area contributed by atoms with E-state index < -0.39 is 39.2 Å². The Balaban J connectivity index is 1.66. The first-order valence-electron chi connectivity index (χ1n) is 10.3. The van der Waals surface area contributed by atoms with Crippen molar-refractivity contribution < 1.29 is 31.1 Å². The minimum Gasteiger partial charge on any atom is -0.438 e. The summed E-state index contributed by atoms with van der Waals surface area (Å²) in [5, 5.41) is 3.75. The van der Waals surface area contributed by atoms with Crippen molar-refractivity contribution in [3.63, 3.8) is 0 Å². The van der Waals surface area contributed by atoms with Crippen LogP contribution in [0.15, 0.2) is 48.0 Å². The van der Waals surface area contributed by atoms with Crippen LogP contribution in [0.1, 0.15) is 41.9 Å². The fourth-order valence-corrected chi connectivity index (χ4v) is 3.88. The molecule has 4 rings (SSSR count). The average Bonchev–Trinajstić information content (AvgIpc) is 3.63. The number of hydrogen-bond donors (Lipinski definition) is 1. The molecular formula is C22H22F3N3O4S. The first-order valence-corrected chi connectivity index (χ1v) is 12.3. The van der Waals surface area contributed by atoms with E-state index in [0.29, 0.717) is 5.75 Å². The number of carbonyl (C=O) groups excluding carboxylic acids is 1. The zero-order valence-corrected chi connectivity index (χ0v) is 18.5. The highest BCUT2D eigenvalue weighted by Gasteiger charge is 2.66. The first kappa shape index (κ1) is 23.2. The molecule has 0 spiro atoms. The minimum absolute atomic E-state index is 0.0746. The topological polar surface area (TPSA) is 98.2 Å². The van der Waals surface area contributed by atoms with Gasteiger partial charge in [-0.25, -0.2) is 13.4 Å². The van der Waals surface area contributed by atoms with E-state index in [-0.39, 0.29) is 30.2 Å². The molecule has 2 aliphatic rings. The summed E-state index contributed by atoms with van der Waals surface area (Å²) < 4.78 is 69.4. The second-order valence-corrected chi connectivity index (χ2v) is 10.3. The Labute approximate surface area is 189 Å². The lowest BCUT2D eigenvalue weighted by molar-refractivity contribution is -0.162. The van der Waals surface area contributed by atoms with E-state index >= 15 is 0 Å². The molecule has 33 heavy (non-hydrogen) atoms. The maximum Gasteiger partial charge on any atom is 0.401 e. The molecule has 1 aromatic carbocycles. The van der Waals surface area contributed by atoms with E-state index in [1.165, 1.54) is 6.08 Å². The Morgan fingerprint density at radius 3 is 2.45 bits per heavy atom. The summed E-state index contributed by atoms with van der Waals surface area (Å²) in [6.07, 6.45) is 0.328. The van der Waals surface area contributed by atoms with Crippen molar-refractivity contribution in [3.05, 3.63) is 59.4 Å². The van der Waals surface area contributed by atoms with Crippen LogP contribution in [0.25, 0.3) is 0 Å². The van der Waals surface area contributed by atoms with Crippen LogP contribution < -0.4 is 10.1 Å².